The van der Waals surface area contributed by atoms with Crippen molar-refractivity contribution in [2.75, 3.05) is 57.6 Å². The number of fused-ring (bicyclic) bond motifs is 7. The maximum absolute atomic E-state index is 13.2. The van der Waals surface area contributed by atoms with Gasteiger partial charge in [-0.05, 0) is 61.5 Å². The summed E-state index contributed by atoms with van der Waals surface area (Å²) in [6.07, 6.45) is -1.00. The molecule has 11 nitrogen and oxygen atoms in total. The molecule has 3 aromatic rings. The Hall–Kier alpha value is -4.59. The zero-order valence-electron chi connectivity index (χ0n) is 25.0. The summed E-state index contributed by atoms with van der Waals surface area (Å²) in [5.74, 6) is 0.528. The van der Waals surface area contributed by atoms with Crippen LogP contribution in [0.3, 0.4) is 0 Å². The summed E-state index contributed by atoms with van der Waals surface area (Å²) in [5, 5.41) is 8.93. The molecule has 236 valence electrons. The van der Waals surface area contributed by atoms with Gasteiger partial charge < -0.3 is 35.1 Å². The summed E-state index contributed by atoms with van der Waals surface area (Å²) >= 11 is 0. The van der Waals surface area contributed by atoms with Crippen molar-refractivity contribution in [2.24, 2.45) is 5.41 Å². The highest BCUT2D eigenvalue weighted by Crippen LogP contribution is 2.27. The number of carbonyl (C=O) groups excluding carboxylic acids is 1. The minimum atomic E-state index is -4.58. The Morgan fingerprint density at radius 1 is 1.00 bits per heavy atom. The van der Waals surface area contributed by atoms with E-state index in [4.69, 9.17) is 14.2 Å². The number of benzene rings is 2. The van der Waals surface area contributed by atoms with Gasteiger partial charge in [-0.1, -0.05) is 26.0 Å². The largest absolute Gasteiger partial charge is 0.490 e. The SMILES string of the molecule is CN(C)CC(C)(C)CNC(=O)c1ccc2cc1OC/C=C/COc1ccc(cc1)CNc1nc(nc(OCC(F)(F)F)n1)N2. The lowest BCUT2D eigenvalue weighted by molar-refractivity contribution is -0.154. The van der Waals surface area contributed by atoms with E-state index in [2.05, 4.69) is 49.6 Å². The molecule has 1 aromatic heterocycles. The molecule has 6 bridgehead atoms. The number of nitrogens with one attached hydrogen (secondary N) is 3. The smallest absolute Gasteiger partial charge is 0.422 e. The monoisotopic (exact) mass is 615 g/mol. The standard InChI is InChI=1S/C30H36F3N7O4/c1-29(2,18-40(3)4)17-35-25(41)23-12-9-21-15-24(23)43-14-6-5-13-42-22-10-7-20(8-11-22)16-34-26-37-27(36-21)39-28(38-26)44-19-30(31,32)33/h5-12,15H,13-14,16-19H2,1-4H3,(H,35,41)(H2,34,36,37,38,39)/b6-5+. The fourth-order valence-corrected chi connectivity index (χ4v) is 4.37. The van der Waals surface area contributed by atoms with Crippen molar-refractivity contribution in [2.45, 2.75) is 26.6 Å². The van der Waals surface area contributed by atoms with Crippen molar-refractivity contribution in [3.8, 4) is 17.5 Å². The number of aromatic nitrogens is 3. The first-order valence-corrected chi connectivity index (χ1v) is 13.9. The molecule has 2 aromatic carbocycles. The van der Waals surface area contributed by atoms with E-state index in [0.29, 0.717) is 30.2 Å². The Kier molecular flexibility index (Phi) is 10.5. The van der Waals surface area contributed by atoms with Crippen LogP contribution in [0, 0.1) is 5.41 Å². The highest BCUT2D eigenvalue weighted by molar-refractivity contribution is 5.97. The zero-order chi connectivity index (χ0) is 31.7. The molecular formula is C30H36F3N7O4. The number of hydrogen-bond acceptors (Lipinski definition) is 10. The molecular weight excluding hydrogens is 579 g/mol. The summed E-state index contributed by atoms with van der Waals surface area (Å²) in [7, 11) is 3.94. The minimum absolute atomic E-state index is 0.00470. The first-order chi connectivity index (χ1) is 20.8. The lowest BCUT2D eigenvalue weighted by atomic mass is 9.93. The van der Waals surface area contributed by atoms with Crippen molar-refractivity contribution in [3.63, 3.8) is 0 Å². The van der Waals surface area contributed by atoms with Gasteiger partial charge in [0.15, 0.2) is 6.61 Å². The van der Waals surface area contributed by atoms with Crippen LogP contribution in [0.5, 0.6) is 17.5 Å². The Morgan fingerprint density at radius 3 is 2.41 bits per heavy atom. The molecule has 0 fully saturated rings. The van der Waals surface area contributed by atoms with Crippen molar-refractivity contribution in [1.82, 2.24) is 25.2 Å². The molecule has 44 heavy (non-hydrogen) atoms. The Bertz CT molecular complexity index is 1450. The molecule has 2 aliphatic heterocycles. The highest BCUT2D eigenvalue weighted by Gasteiger charge is 2.29. The van der Waals surface area contributed by atoms with Crippen LogP contribution in [0.4, 0.5) is 30.8 Å². The number of hydrogen-bond donors (Lipinski definition) is 3. The third-order valence-electron chi connectivity index (χ3n) is 6.16. The second kappa shape index (κ2) is 14.3. The molecule has 5 rings (SSSR count). The van der Waals surface area contributed by atoms with Gasteiger partial charge >= 0.3 is 12.2 Å². The van der Waals surface area contributed by atoms with Gasteiger partial charge in [0.05, 0.1) is 5.56 Å². The molecule has 0 radical (unpaired) electrons. The molecule has 14 heteroatoms. The van der Waals surface area contributed by atoms with Gasteiger partial charge in [-0.3, -0.25) is 4.79 Å². The molecule has 0 saturated carbocycles. The number of nitrogens with zero attached hydrogens (tertiary/aromatic N) is 4. The fraction of sp³-hybridized carbons (Fsp3) is 0.400. The number of alkyl halides is 3. The molecule has 3 heterocycles. The molecule has 2 aliphatic rings. The third kappa shape index (κ3) is 10.3. The molecule has 1 amide bonds. The molecule has 3 N–H and O–H groups in total. The van der Waals surface area contributed by atoms with E-state index in [0.717, 1.165) is 12.1 Å². The van der Waals surface area contributed by atoms with E-state index in [1.807, 2.05) is 32.3 Å². The predicted molar refractivity (Wildman–Crippen MR) is 160 cm³/mol. The normalized spacial score (nSPS) is 14.5. The fourth-order valence-electron chi connectivity index (χ4n) is 4.37. The van der Waals surface area contributed by atoms with E-state index in [1.165, 1.54) is 0 Å². The summed E-state index contributed by atoms with van der Waals surface area (Å²) in [6, 6.07) is 11.5. The number of halogens is 3. The average molecular weight is 616 g/mol. The first kappa shape index (κ1) is 32.3. The van der Waals surface area contributed by atoms with Crippen LogP contribution in [0.2, 0.25) is 0 Å². The van der Waals surface area contributed by atoms with Crippen LogP contribution >= 0.6 is 0 Å². The molecule has 0 spiro atoms. The lowest BCUT2D eigenvalue weighted by Gasteiger charge is -2.28. The van der Waals surface area contributed by atoms with Crippen LogP contribution in [-0.4, -0.2) is 78.9 Å². The topological polar surface area (TPSA) is 123 Å². The molecule has 0 unspecified atom stereocenters. The van der Waals surface area contributed by atoms with E-state index < -0.39 is 18.8 Å². The van der Waals surface area contributed by atoms with Crippen molar-refractivity contribution < 1.29 is 32.2 Å². The Morgan fingerprint density at radius 2 is 1.70 bits per heavy atom. The number of amides is 1. The number of ether oxygens (including phenoxy) is 3. The predicted octanol–water partition coefficient (Wildman–Crippen LogP) is 4.81. The average Bonchev–Trinajstić information content (AvgIpc) is 2.95. The van der Waals surface area contributed by atoms with Crippen LogP contribution in [0.1, 0.15) is 29.8 Å². The minimum Gasteiger partial charge on any atom is -0.490 e. The van der Waals surface area contributed by atoms with Crippen LogP contribution in [0.15, 0.2) is 54.6 Å². The number of anilines is 3. The van der Waals surface area contributed by atoms with Gasteiger partial charge in [-0.25, -0.2) is 0 Å². The van der Waals surface area contributed by atoms with Gasteiger partial charge in [0.25, 0.3) is 5.91 Å². The number of rotatable bonds is 7. The highest BCUT2D eigenvalue weighted by atomic mass is 19.4. The van der Waals surface area contributed by atoms with Gasteiger partial charge in [-0.15, -0.1) is 0 Å². The van der Waals surface area contributed by atoms with Gasteiger partial charge in [-0.2, -0.15) is 28.1 Å². The number of carbonyl (C=O) groups is 1. The first-order valence-electron chi connectivity index (χ1n) is 13.9. The molecule has 0 aliphatic carbocycles. The van der Waals surface area contributed by atoms with Crippen LogP contribution < -0.4 is 30.2 Å². The van der Waals surface area contributed by atoms with Crippen molar-refractivity contribution in [3.05, 3.63) is 65.7 Å². The molecule has 0 saturated heterocycles. The van der Waals surface area contributed by atoms with E-state index >= 15 is 0 Å². The van der Waals surface area contributed by atoms with E-state index in [9.17, 15) is 18.0 Å². The zero-order valence-corrected chi connectivity index (χ0v) is 25.0. The summed E-state index contributed by atoms with van der Waals surface area (Å²) in [4.78, 5) is 27.6. The van der Waals surface area contributed by atoms with Gasteiger partial charge in [0.1, 0.15) is 24.7 Å². The summed E-state index contributed by atoms with van der Waals surface area (Å²) in [6.45, 7) is 4.48. The maximum Gasteiger partial charge on any atom is 0.422 e. The lowest BCUT2D eigenvalue weighted by Crippen LogP contribution is -2.40. The van der Waals surface area contributed by atoms with Crippen LogP contribution in [-0.2, 0) is 6.54 Å². The Balaban J connectivity index is 1.63. The van der Waals surface area contributed by atoms with Gasteiger partial charge in [0.2, 0.25) is 11.9 Å². The quantitative estimate of drug-likeness (QED) is 0.319. The third-order valence-corrected chi connectivity index (χ3v) is 6.16. The van der Waals surface area contributed by atoms with E-state index in [1.54, 1.807) is 36.4 Å². The second-order valence-electron chi connectivity index (χ2n) is 11.2. The summed E-state index contributed by atoms with van der Waals surface area (Å²) in [5.41, 5.74) is 1.40. The summed E-state index contributed by atoms with van der Waals surface area (Å²) < 4.78 is 55.1. The van der Waals surface area contributed by atoms with Crippen LogP contribution in [0.25, 0.3) is 0 Å². The van der Waals surface area contributed by atoms with Gasteiger partial charge in [0, 0.05) is 31.4 Å². The van der Waals surface area contributed by atoms with Crippen molar-refractivity contribution >= 4 is 23.5 Å². The van der Waals surface area contributed by atoms with Crippen molar-refractivity contribution in [1.29, 1.82) is 0 Å². The van der Waals surface area contributed by atoms with E-state index in [-0.39, 0.29) is 42.1 Å². The molecule has 0 atom stereocenters. The Labute approximate surface area is 253 Å². The maximum atomic E-state index is 13.2. The second-order valence-corrected chi connectivity index (χ2v) is 11.2.